The SMILES string of the molecule is NCC1(O)CCCC1CCSc1cnccn1. The lowest BCUT2D eigenvalue weighted by molar-refractivity contribution is 0.0103. The van der Waals surface area contributed by atoms with Gasteiger partial charge in [0, 0.05) is 18.9 Å². The molecule has 1 aromatic rings. The highest BCUT2D eigenvalue weighted by Gasteiger charge is 2.39. The molecule has 0 saturated heterocycles. The lowest BCUT2D eigenvalue weighted by Crippen LogP contribution is -2.41. The van der Waals surface area contributed by atoms with E-state index in [2.05, 4.69) is 9.97 Å². The second-order valence-electron chi connectivity index (χ2n) is 4.58. The van der Waals surface area contributed by atoms with E-state index < -0.39 is 5.60 Å². The van der Waals surface area contributed by atoms with Crippen molar-refractivity contribution in [3.05, 3.63) is 18.6 Å². The normalized spacial score (nSPS) is 28.5. The van der Waals surface area contributed by atoms with Gasteiger partial charge in [0.15, 0.2) is 0 Å². The molecule has 1 aliphatic carbocycles. The van der Waals surface area contributed by atoms with Gasteiger partial charge >= 0.3 is 0 Å². The standard InChI is InChI=1S/C12H19N3OS/c13-9-12(16)4-1-2-10(12)3-7-17-11-8-14-5-6-15-11/h5-6,8,10,16H,1-4,7,9,13H2. The molecule has 0 amide bonds. The van der Waals surface area contributed by atoms with E-state index in [0.717, 1.165) is 36.5 Å². The maximum Gasteiger partial charge on any atom is 0.114 e. The zero-order chi connectivity index (χ0) is 12.1. The largest absolute Gasteiger partial charge is 0.388 e. The summed E-state index contributed by atoms with van der Waals surface area (Å²) >= 11 is 1.69. The van der Waals surface area contributed by atoms with Gasteiger partial charge in [-0.2, -0.15) is 0 Å². The van der Waals surface area contributed by atoms with Gasteiger partial charge in [0.05, 0.1) is 11.8 Å². The Bertz CT molecular complexity index is 349. The summed E-state index contributed by atoms with van der Waals surface area (Å²) in [4.78, 5) is 8.24. The van der Waals surface area contributed by atoms with Gasteiger partial charge in [0.2, 0.25) is 0 Å². The minimum absolute atomic E-state index is 0.344. The number of nitrogens with two attached hydrogens (primary N) is 1. The topological polar surface area (TPSA) is 72.0 Å². The summed E-state index contributed by atoms with van der Waals surface area (Å²) in [5.41, 5.74) is 5.04. The highest BCUT2D eigenvalue weighted by molar-refractivity contribution is 7.99. The van der Waals surface area contributed by atoms with Crippen LogP contribution in [0.3, 0.4) is 0 Å². The molecule has 2 unspecified atom stereocenters. The lowest BCUT2D eigenvalue weighted by Gasteiger charge is -2.28. The van der Waals surface area contributed by atoms with Gasteiger partial charge in [-0.15, -0.1) is 11.8 Å². The first-order chi connectivity index (χ1) is 8.24. The van der Waals surface area contributed by atoms with Crippen LogP contribution >= 0.6 is 11.8 Å². The van der Waals surface area contributed by atoms with Gasteiger partial charge < -0.3 is 10.8 Å². The van der Waals surface area contributed by atoms with E-state index in [1.807, 2.05) is 0 Å². The monoisotopic (exact) mass is 253 g/mol. The molecule has 0 spiro atoms. The molecule has 1 heterocycles. The number of hydrogen-bond donors (Lipinski definition) is 2. The Balaban J connectivity index is 1.79. The van der Waals surface area contributed by atoms with Crippen LogP contribution in [0.4, 0.5) is 0 Å². The second-order valence-corrected chi connectivity index (χ2v) is 5.69. The smallest absolute Gasteiger partial charge is 0.114 e. The van der Waals surface area contributed by atoms with E-state index in [-0.39, 0.29) is 0 Å². The third-order valence-electron chi connectivity index (χ3n) is 3.53. The molecule has 0 aromatic carbocycles. The van der Waals surface area contributed by atoms with Crippen molar-refractivity contribution in [2.45, 2.75) is 36.3 Å². The zero-order valence-electron chi connectivity index (χ0n) is 9.88. The molecule has 0 aliphatic heterocycles. The molecule has 0 bridgehead atoms. The highest BCUT2D eigenvalue weighted by Crippen LogP contribution is 2.38. The Morgan fingerprint density at radius 1 is 1.53 bits per heavy atom. The van der Waals surface area contributed by atoms with E-state index in [4.69, 9.17) is 5.73 Å². The molecule has 5 heteroatoms. The first-order valence-electron chi connectivity index (χ1n) is 6.06. The maximum atomic E-state index is 10.3. The minimum atomic E-state index is -0.622. The fourth-order valence-corrected chi connectivity index (χ4v) is 3.36. The molecule has 1 saturated carbocycles. The van der Waals surface area contributed by atoms with Crippen LogP contribution in [0.15, 0.2) is 23.6 Å². The van der Waals surface area contributed by atoms with E-state index in [1.54, 1.807) is 30.4 Å². The highest BCUT2D eigenvalue weighted by atomic mass is 32.2. The molecular weight excluding hydrogens is 234 g/mol. The predicted octanol–water partition coefficient (Wildman–Crippen LogP) is 1.45. The van der Waals surface area contributed by atoms with Crippen LogP contribution in [0.25, 0.3) is 0 Å². The van der Waals surface area contributed by atoms with Crippen molar-refractivity contribution in [3.8, 4) is 0 Å². The molecule has 2 rings (SSSR count). The third kappa shape index (κ3) is 3.18. The Morgan fingerprint density at radius 3 is 3.12 bits per heavy atom. The second kappa shape index (κ2) is 5.80. The lowest BCUT2D eigenvalue weighted by atomic mass is 9.89. The summed E-state index contributed by atoms with van der Waals surface area (Å²) in [5.74, 6) is 1.31. The number of rotatable bonds is 5. The summed E-state index contributed by atoms with van der Waals surface area (Å²) in [5, 5.41) is 11.2. The Morgan fingerprint density at radius 2 is 2.41 bits per heavy atom. The van der Waals surface area contributed by atoms with E-state index in [9.17, 15) is 5.11 Å². The zero-order valence-corrected chi connectivity index (χ0v) is 10.7. The van der Waals surface area contributed by atoms with Gasteiger partial charge in [0.25, 0.3) is 0 Å². The van der Waals surface area contributed by atoms with Crippen molar-refractivity contribution >= 4 is 11.8 Å². The van der Waals surface area contributed by atoms with Gasteiger partial charge in [-0.25, -0.2) is 4.98 Å². The average molecular weight is 253 g/mol. The van der Waals surface area contributed by atoms with Crippen LogP contribution < -0.4 is 5.73 Å². The molecule has 2 atom stereocenters. The van der Waals surface area contributed by atoms with Gasteiger partial charge in [-0.1, -0.05) is 6.42 Å². The number of hydrogen-bond acceptors (Lipinski definition) is 5. The van der Waals surface area contributed by atoms with Crippen molar-refractivity contribution in [3.63, 3.8) is 0 Å². The van der Waals surface area contributed by atoms with E-state index in [0.29, 0.717) is 12.5 Å². The van der Waals surface area contributed by atoms with Crippen LogP contribution in [-0.2, 0) is 0 Å². The Labute approximate surface area is 106 Å². The fourth-order valence-electron chi connectivity index (χ4n) is 2.47. The van der Waals surface area contributed by atoms with Crippen molar-refractivity contribution in [1.82, 2.24) is 9.97 Å². The summed E-state index contributed by atoms with van der Waals surface area (Å²) in [6.07, 6.45) is 9.18. The molecule has 94 valence electrons. The molecule has 3 N–H and O–H groups in total. The third-order valence-corrected chi connectivity index (χ3v) is 4.48. The van der Waals surface area contributed by atoms with Crippen molar-refractivity contribution < 1.29 is 5.11 Å². The van der Waals surface area contributed by atoms with Crippen molar-refractivity contribution in [2.75, 3.05) is 12.3 Å². The summed E-state index contributed by atoms with van der Waals surface area (Å²) < 4.78 is 0. The molecule has 4 nitrogen and oxygen atoms in total. The molecule has 17 heavy (non-hydrogen) atoms. The summed E-state index contributed by atoms with van der Waals surface area (Å²) in [6, 6.07) is 0. The molecule has 0 radical (unpaired) electrons. The predicted molar refractivity (Wildman–Crippen MR) is 68.7 cm³/mol. The number of aromatic nitrogens is 2. The first-order valence-corrected chi connectivity index (χ1v) is 7.04. The van der Waals surface area contributed by atoms with Crippen LogP contribution in [0.5, 0.6) is 0 Å². The van der Waals surface area contributed by atoms with Crippen molar-refractivity contribution in [1.29, 1.82) is 0 Å². The molecule has 1 aliphatic rings. The number of thioether (sulfide) groups is 1. The van der Waals surface area contributed by atoms with Crippen LogP contribution in [-0.4, -0.2) is 33.0 Å². The maximum absolute atomic E-state index is 10.3. The van der Waals surface area contributed by atoms with Gasteiger partial charge in [0.1, 0.15) is 5.03 Å². The van der Waals surface area contributed by atoms with Crippen LogP contribution in [0.2, 0.25) is 0 Å². The number of aliphatic hydroxyl groups is 1. The fraction of sp³-hybridized carbons (Fsp3) is 0.667. The minimum Gasteiger partial charge on any atom is -0.388 e. The first kappa shape index (κ1) is 12.8. The molecule has 1 aromatic heterocycles. The quantitative estimate of drug-likeness (QED) is 0.777. The molecule has 1 fully saturated rings. The Kier molecular flexibility index (Phi) is 4.36. The van der Waals surface area contributed by atoms with E-state index in [1.165, 1.54) is 0 Å². The average Bonchev–Trinajstić information content (AvgIpc) is 2.73. The Hall–Kier alpha value is -0.650. The van der Waals surface area contributed by atoms with Gasteiger partial charge in [-0.3, -0.25) is 4.98 Å². The summed E-state index contributed by atoms with van der Waals surface area (Å²) in [7, 11) is 0. The molecular formula is C12H19N3OS. The van der Waals surface area contributed by atoms with E-state index >= 15 is 0 Å². The van der Waals surface area contributed by atoms with Crippen LogP contribution in [0, 0.1) is 5.92 Å². The van der Waals surface area contributed by atoms with Crippen LogP contribution in [0.1, 0.15) is 25.7 Å². The van der Waals surface area contributed by atoms with Crippen molar-refractivity contribution in [2.24, 2.45) is 11.7 Å². The summed E-state index contributed by atoms with van der Waals surface area (Å²) in [6.45, 7) is 0.382. The van der Waals surface area contributed by atoms with Gasteiger partial charge in [-0.05, 0) is 30.9 Å². The number of nitrogens with zero attached hydrogens (tertiary/aromatic N) is 2.